The van der Waals surface area contributed by atoms with Gasteiger partial charge in [-0.3, -0.25) is 4.79 Å². The molecule has 0 radical (unpaired) electrons. The molecule has 3 aromatic carbocycles. The van der Waals surface area contributed by atoms with Gasteiger partial charge in [-0.05, 0) is 36.4 Å². The van der Waals surface area contributed by atoms with E-state index in [0.717, 1.165) is 0 Å². The molecular formula is C21H13Cl3N4O4S. The van der Waals surface area contributed by atoms with Gasteiger partial charge in [-0.2, -0.15) is 8.42 Å². The Bertz CT molecular complexity index is 1430. The molecule has 0 atom stereocenters. The van der Waals surface area contributed by atoms with Crippen LogP contribution < -0.4 is 10.6 Å². The molecule has 4 rings (SSSR count). The van der Waals surface area contributed by atoms with E-state index in [4.69, 9.17) is 34.8 Å². The molecule has 33 heavy (non-hydrogen) atoms. The van der Waals surface area contributed by atoms with Gasteiger partial charge in [0.1, 0.15) is 4.90 Å². The lowest BCUT2D eigenvalue weighted by molar-refractivity contribution is -0.110. The molecule has 0 fully saturated rings. The maximum Gasteiger partial charge on any atom is 0.286 e. The van der Waals surface area contributed by atoms with Gasteiger partial charge in [0.15, 0.2) is 17.3 Å². The third kappa shape index (κ3) is 4.81. The van der Waals surface area contributed by atoms with Crippen LogP contribution in [0.3, 0.4) is 0 Å². The Hall–Kier alpha value is -3.11. The van der Waals surface area contributed by atoms with Crippen molar-refractivity contribution in [1.82, 2.24) is 0 Å². The first-order valence-corrected chi connectivity index (χ1v) is 11.8. The maximum atomic E-state index is 13.2. The Balaban J connectivity index is 1.84. The minimum Gasteiger partial charge on any atom is -0.505 e. The van der Waals surface area contributed by atoms with Crippen molar-refractivity contribution in [3.63, 3.8) is 0 Å². The first kappa shape index (κ1) is 23.1. The molecule has 0 aliphatic carbocycles. The van der Waals surface area contributed by atoms with Gasteiger partial charge in [0.25, 0.3) is 15.9 Å². The number of para-hydroxylation sites is 2. The predicted molar refractivity (Wildman–Crippen MR) is 130 cm³/mol. The number of rotatable bonds is 4. The highest BCUT2D eigenvalue weighted by atomic mass is 35.5. The van der Waals surface area contributed by atoms with Gasteiger partial charge in [0, 0.05) is 0 Å². The van der Waals surface area contributed by atoms with Gasteiger partial charge in [0.2, 0.25) is 0 Å². The van der Waals surface area contributed by atoms with Gasteiger partial charge in [-0.1, -0.05) is 59.1 Å². The summed E-state index contributed by atoms with van der Waals surface area (Å²) in [5.41, 5.74) is 0.194. The number of phenolic OH excluding ortho intramolecular Hbond substituents is 1. The number of fused-ring (bicyclic) bond motifs is 1. The molecule has 0 saturated carbocycles. The van der Waals surface area contributed by atoms with Gasteiger partial charge in [-0.15, -0.1) is 4.40 Å². The lowest BCUT2D eigenvalue weighted by Gasteiger charge is -2.19. The van der Waals surface area contributed by atoms with Crippen molar-refractivity contribution in [2.24, 2.45) is 9.39 Å². The Morgan fingerprint density at radius 3 is 2.30 bits per heavy atom. The molecule has 168 valence electrons. The minimum atomic E-state index is -4.12. The zero-order valence-corrected chi connectivity index (χ0v) is 19.5. The van der Waals surface area contributed by atoms with Crippen LogP contribution in [0.1, 0.15) is 0 Å². The number of sulfonamides is 1. The van der Waals surface area contributed by atoms with Gasteiger partial charge < -0.3 is 15.7 Å². The number of hydrogen-bond donors (Lipinski definition) is 3. The van der Waals surface area contributed by atoms with Crippen molar-refractivity contribution in [3.05, 3.63) is 75.7 Å². The second-order valence-corrected chi connectivity index (χ2v) is 9.48. The van der Waals surface area contributed by atoms with Gasteiger partial charge in [-0.25, -0.2) is 4.99 Å². The molecule has 1 heterocycles. The molecule has 0 saturated heterocycles. The number of phenols is 1. The zero-order valence-electron chi connectivity index (χ0n) is 16.4. The van der Waals surface area contributed by atoms with E-state index in [2.05, 4.69) is 20.0 Å². The first-order chi connectivity index (χ1) is 15.7. The number of halogens is 3. The fourth-order valence-electron chi connectivity index (χ4n) is 2.92. The van der Waals surface area contributed by atoms with E-state index in [0.29, 0.717) is 0 Å². The van der Waals surface area contributed by atoms with E-state index in [1.165, 1.54) is 24.3 Å². The third-order valence-corrected chi connectivity index (χ3v) is 6.67. The van der Waals surface area contributed by atoms with E-state index in [1.54, 1.807) is 36.4 Å². The van der Waals surface area contributed by atoms with E-state index in [9.17, 15) is 18.3 Å². The number of aromatic hydroxyl groups is 1. The molecule has 1 aliphatic rings. The maximum absolute atomic E-state index is 13.2. The molecule has 1 aliphatic heterocycles. The van der Waals surface area contributed by atoms with Crippen LogP contribution >= 0.6 is 34.8 Å². The van der Waals surface area contributed by atoms with Crippen molar-refractivity contribution in [2.75, 3.05) is 10.6 Å². The molecule has 0 aromatic heterocycles. The monoisotopic (exact) mass is 522 g/mol. The van der Waals surface area contributed by atoms with Crippen LogP contribution in [-0.2, 0) is 14.8 Å². The second kappa shape index (κ2) is 9.03. The number of amidine groups is 1. The average molecular weight is 524 g/mol. The summed E-state index contributed by atoms with van der Waals surface area (Å²) >= 11 is 18.1. The number of nitrogens with one attached hydrogen (secondary N) is 2. The SMILES string of the molecule is O=C(Nc1ccccc1Cl)C(=Nc1cc(Cl)c(O)c(Cl)c1)C1=NS(=O)(=O)c2ccccc2N1. The van der Waals surface area contributed by atoms with Crippen LogP contribution in [0, 0.1) is 0 Å². The second-order valence-electron chi connectivity index (χ2n) is 6.69. The lowest BCUT2D eigenvalue weighted by Crippen LogP contribution is -2.37. The summed E-state index contributed by atoms with van der Waals surface area (Å²) in [5, 5.41) is 15.3. The fourth-order valence-corrected chi connectivity index (χ4v) is 4.70. The van der Waals surface area contributed by atoms with Crippen molar-refractivity contribution in [2.45, 2.75) is 4.90 Å². The topological polar surface area (TPSA) is 120 Å². The number of carbonyl (C=O) groups excluding carboxylic acids is 1. The molecule has 0 bridgehead atoms. The predicted octanol–water partition coefficient (Wildman–Crippen LogP) is 5.28. The first-order valence-electron chi connectivity index (χ1n) is 9.19. The van der Waals surface area contributed by atoms with Gasteiger partial charge in [0.05, 0.1) is 32.1 Å². The summed E-state index contributed by atoms with van der Waals surface area (Å²) in [6, 6.07) is 15.1. The number of hydrogen-bond acceptors (Lipinski definition) is 6. The molecule has 3 aromatic rings. The summed E-state index contributed by atoms with van der Waals surface area (Å²) in [6.07, 6.45) is 0. The summed E-state index contributed by atoms with van der Waals surface area (Å²) < 4.78 is 29.2. The van der Waals surface area contributed by atoms with Crippen LogP contribution in [0.25, 0.3) is 0 Å². The lowest BCUT2D eigenvalue weighted by atomic mass is 10.2. The number of aliphatic imine (C=N–C) groups is 1. The molecular weight excluding hydrogens is 511 g/mol. The number of benzene rings is 3. The van der Waals surface area contributed by atoms with Crippen molar-refractivity contribution >= 4 is 79.3 Å². The fraction of sp³-hybridized carbons (Fsp3) is 0. The van der Waals surface area contributed by atoms with Gasteiger partial charge >= 0.3 is 0 Å². The quantitative estimate of drug-likeness (QED) is 0.402. The molecule has 0 unspecified atom stereocenters. The van der Waals surface area contributed by atoms with E-state index in [1.807, 2.05) is 0 Å². The summed E-state index contributed by atoms with van der Waals surface area (Å²) in [6.45, 7) is 0. The molecule has 3 N–H and O–H groups in total. The van der Waals surface area contributed by atoms with Crippen LogP contribution in [0.2, 0.25) is 15.1 Å². The van der Waals surface area contributed by atoms with Crippen LogP contribution in [0.4, 0.5) is 17.1 Å². The molecule has 12 heteroatoms. The standard InChI is InChI=1S/C21H13Cl3N4O4S/c22-12-5-1-2-6-15(12)27-21(30)18(25-11-9-13(23)19(29)14(24)10-11)20-26-16-7-3-4-8-17(16)33(31,32)28-20/h1-10,29H,(H,26,28)(H,27,30). The van der Waals surface area contributed by atoms with E-state index in [-0.39, 0.29) is 54.3 Å². The highest BCUT2D eigenvalue weighted by Crippen LogP contribution is 2.36. The molecule has 8 nitrogen and oxygen atoms in total. The number of anilines is 2. The minimum absolute atomic E-state index is 0.0460. The van der Waals surface area contributed by atoms with Crippen molar-refractivity contribution in [3.8, 4) is 5.75 Å². The van der Waals surface area contributed by atoms with Crippen LogP contribution in [0.5, 0.6) is 5.75 Å². The summed E-state index contributed by atoms with van der Waals surface area (Å²) in [5.74, 6) is -1.48. The van der Waals surface area contributed by atoms with Crippen LogP contribution in [0.15, 0.2) is 74.9 Å². The Labute approximate surface area is 203 Å². The van der Waals surface area contributed by atoms with Crippen molar-refractivity contribution in [1.29, 1.82) is 0 Å². The van der Waals surface area contributed by atoms with E-state index >= 15 is 0 Å². The average Bonchev–Trinajstić information content (AvgIpc) is 2.76. The normalized spacial score (nSPS) is 14.6. The summed E-state index contributed by atoms with van der Waals surface area (Å²) in [7, 11) is -4.12. The number of nitrogens with zero attached hydrogens (tertiary/aromatic N) is 2. The zero-order chi connectivity index (χ0) is 23.8. The Morgan fingerprint density at radius 2 is 1.61 bits per heavy atom. The Kier molecular flexibility index (Phi) is 6.31. The third-order valence-electron chi connectivity index (χ3n) is 4.43. The highest BCUT2D eigenvalue weighted by Gasteiger charge is 2.30. The largest absolute Gasteiger partial charge is 0.505 e. The van der Waals surface area contributed by atoms with Crippen molar-refractivity contribution < 1.29 is 18.3 Å². The highest BCUT2D eigenvalue weighted by molar-refractivity contribution is 7.90. The molecule has 1 amide bonds. The smallest absolute Gasteiger partial charge is 0.286 e. The molecule has 0 spiro atoms. The van der Waals surface area contributed by atoms with E-state index < -0.39 is 15.9 Å². The number of carbonyl (C=O) groups is 1. The summed E-state index contributed by atoms with van der Waals surface area (Å²) in [4.78, 5) is 17.4. The number of amides is 1. The Morgan fingerprint density at radius 1 is 0.970 bits per heavy atom. The van der Waals surface area contributed by atoms with Crippen LogP contribution in [-0.4, -0.2) is 31.0 Å².